The molecule has 1 atom stereocenters. The van der Waals surface area contributed by atoms with Crippen LogP contribution in [0.15, 0.2) is 12.7 Å². The van der Waals surface area contributed by atoms with Crippen LogP contribution in [0.2, 0.25) is 0 Å². The summed E-state index contributed by atoms with van der Waals surface area (Å²) >= 11 is 0. The van der Waals surface area contributed by atoms with E-state index in [2.05, 4.69) is 13.5 Å². The number of aliphatic carboxylic acids is 1. The second-order valence-electron chi connectivity index (χ2n) is 3.96. The van der Waals surface area contributed by atoms with Gasteiger partial charge in [0.1, 0.15) is 0 Å². The molecule has 0 spiro atoms. The standard InChI is InChI=1S/C12H23NO4/c1-3-5-7-17-10-11(14)8-13(6-4-2)9-12(15)16/h4,11,14H,2-3,5-10H2,1H3,(H,15,16). The molecule has 0 saturated carbocycles. The second-order valence-corrected chi connectivity index (χ2v) is 3.96. The van der Waals surface area contributed by atoms with Crippen molar-refractivity contribution in [3.05, 3.63) is 12.7 Å². The molecule has 0 fully saturated rings. The molecule has 2 N–H and O–H groups in total. The molecule has 0 radical (unpaired) electrons. The first-order chi connectivity index (χ1) is 8.10. The average Bonchev–Trinajstić information content (AvgIpc) is 2.24. The van der Waals surface area contributed by atoms with Gasteiger partial charge in [-0.1, -0.05) is 19.4 Å². The van der Waals surface area contributed by atoms with Crippen molar-refractivity contribution in [2.24, 2.45) is 0 Å². The topological polar surface area (TPSA) is 70.0 Å². The fourth-order valence-electron chi connectivity index (χ4n) is 1.39. The number of carboxylic acid groups (broad SMARTS) is 1. The number of unbranched alkanes of at least 4 members (excludes halogenated alkanes) is 1. The summed E-state index contributed by atoms with van der Waals surface area (Å²) in [6.45, 7) is 7.12. The van der Waals surface area contributed by atoms with E-state index in [4.69, 9.17) is 9.84 Å². The molecule has 5 nitrogen and oxygen atoms in total. The van der Waals surface area contributed by atoms with Gasteiger partial charge in [0.05, 0.1) is 19.3 Å². The fourth-order valence-corrected chi connectivity index (χ4v) is 1.39. The molecule has 5 heteroatoms. The van der Waals surface area contributed by atoms with E-state index in [1.165, 1.54) is 0 Å². The van der Waals surface area contributed by atoms with Crippen molar-refractivity contribution >= 4 is 5.97 Å². The maximum Gasteiger partial charge on any atom is 0.317 e. The molecule has 0 aromatic rings. The number of hydrogen-bond donors (Lipinski definition) is 2. The number of rotatable bonds is 11. The minimum atomic E-state index is -0.911. The van der Waals surface area contributed by atoms with Gasteiger partial charge in [-0.15, -0.1) is 6.58 Å². The molecule has 0 aromatic heterocycles. The van der Waals surface area contributed by atoms with E-state index in [0.717, 1.165) is 12.8 Å². The van der Waals surface area contributed by atoms with Crippen molar-refractivity contribution in [2.45, 2.75) is 25.9 Å². The van der Waals surface area contributed by atoms with Gasteiger partial charge in [-0.3, -0.25) is 9.69 Å². The van der Waals surface area contributed by atoms with Crippen molar-refractivity contribution in [1.29, 1.82) is 0 Å². The van der Waals surface area contributed by atoms with Crippen LogP contribution in [0, 0.1) is 0 Å². The molecular formula is C12H23NO4. The van der Waals surface area contributed by atoms with Crippen LogP contribution in [-0.2, 0) is 9.53 Å². The number of aliphatic hydroxyl groups is 1. The Labute approximate surface area is 103 Å². The number of ether oxygens (including phenoxy) is 1. The highest BCUT2D eigenvalue weighted by Gasteiger charge is 2.13. The quantitative estimate of drug-likeness (QED) is 0.415. The van der Waals surface area contributed by atoms with Crippen LogP contribution in [0.4, 0.5) is 0 Å². The third-order valence-corrected chi connectivity index (χ3v) is 2.17. The maximum atomic E-state index is 10.6. The summed E-state index contributed by atoms with van der Waals surface area (Å²) in [6.07, 6.45) is 2.98. The molecule has 0 aromatic carbocycles. The van der Waals surface area contributed by atoms with Crippen LogP contribution >= 0.6 is 0 Å². The van der Waals surface area contributed by atoms with Crippen molar-refractivity contribution < 1.29 is 19.7 Å². The Morgan fingerprint density at radius 3 is 2.82 bits per heavy atom. The van der Waals surface area contributed by atoms with Crippen molar-refractivity contribution in [2.75, 3.05) is 32.8 Å². The lowest BCUT2D eigenvalue weighted by atomic mass is 10.3. The average molecular weight is 245 g/mol. The monoisotopic (exact) mass is 245 g/mol. The normalized spacial score (nSPS) is 12.6. The van der Waals surface area contributed by atoms with Gasteiger partial charge in [0.2, 0.25) is 0 Å². The molecule has 0 aliphatic rings. The van der Waals surface area contributed by atoms with Gasteiger partial charge in [-0.05, 0) is 6.42 Å². The van der Waals surface area contributed by atoms with E-state index in [9.17, 15) is 9.90 Å². The minimum absolute atomic E-state index is 0.0992. The van der Waals surface area contributed by atoms with Gasteiger partial charge in [0.25, 0.3) is 0 Å². The first-order valence-electron chi connectivity index (χ1n) is 5.91. The van der Waals surface area contributed by atoms with Gasteiger partial charge in [0, 0.05) is 19.7 Å². The number of nitrogens with zero attached hydrogens (tertiary/aromatic N) is 1. The van der Waals surface area contributed by atoms with Crippen LogP contribution in [0.1, 0.15) is 19.8 Å². The highest BCUT2D eigenvalue weighted by molar-refractivity contribution is 5.69. The Balaban J connectivity index is 3.81. The fraction of sp³-hybridized carbons (Fsp3) is 0.750. The summed E-state index contributed by atoms with van der Waals surface area (Å²) in [7, 11) is 0. The number of aliphatic hydroxyl groups excluding tert-OH is 1. The molecule has 0 heterocycles. The molecule has 0 rings (SSSR count). The first kappa shape index (κ1) is 16.1. The molecule has 0 aliphatic heterocycles. The van der Waals surface area contributed by atoms with Crippen molar-refractivity contribution in [1.82, 2.24) is 4.90 Å². The van der Waals surface area contributed by atoms with Gasteiger partial charge in [-0.25, -0.2) is 0 Å². The van der Waals surface area contributed by atoms with Crippen molar-refractivity contribution in [3.63, 3.8) is 0 Å². The van der Waals surface area contributed by atoms with E-state index < -0.39 is 12.1 Å². The summed E-state index contributed by atoms with van der Waals surface area (Å²) in [6, 6.07) is 0. The molecule has 17 heavy (non-hydrogen) atoms. The van der Waals surface area contributed by atoms with Crippen LogP contribution in [0.5, 0.6) is 0 Å². The summed E-state index contributed by atoms with van der Waals surface area (Å²) in [5.74, 6) is -0.911. The van der Waals surface area contributed by atoms with Gasteiger partial charge < -0.3 is 14.9 Å². The molecule has 1 unspecified atom stereocenters. The summed E-state index contributed by atoms with van der Waals surface area (Å²) in [5.41, 5.74) is 0. The lowest BCUT2D eigenvalue weighted by Crippen LogP contribution is -2.38. The Kier molecular flexibility index (Phi) is 9.71. The van der Waals surface area contributed by atoms with Crippen LogP contribution in [0.3, 0.4) is 0 Å². The van der Waals surface area contributed by atoms with E-state index in [1.54, 1.807) is 11.0 Å². The smallest absolute Gasteiger partial charge is 0.317 e. The van der Waals surface area contributed by atoms with Crippen LogP contribution < -0.4 is 0 Å². The molecule has 0 amide bonds. The van der Waals surface area contributed by atoms with E-state index in [-0.39, 0.29) is 19.7 Å². The SMILES string of the molecule is C=CCN(CC(=O)O)CC(O)COCCCC. The van der Waals surface area contributed by atoms with Crippen LogP contribution in [0.25, 0.3) is 0 Å². The predicted octanol–water partition coefficient (Wildman–Crippen LogP) is 0.737. The lowest BCUT2D eigenvalue weighted by Gasteiger charge is -2.21. The minimum Gasteiger partial charge on any atom is -0.480 e. The molecule has 100 valence electrons. The third-order valence-electron chi connectivity index (χ3n) is 2.17. The maximum absolute atomic E-state index is 10.6. The zero-order valence-electron chi connectivity index (χ0n) is 10.5. The highest BCUT2D eigenvalue weighted by atomic mass is 16.5. The highest BCUT2D eigenvalue weighted by Crippen LogP contribution is 1.96. The number of carbonyl (C=O) groups is 1. The van der Waals surface area contributed by atoms with Gasteiger partial charge >= 0.3 is 5.97 Å². The van der Waals surface area contributed by atoms with E-state index in [0.29, 0.717) is 13.2 Å². The largest absolute Gasteiger partial charge is 0.480 e. The molecular weight excluding hydrogens is 222 g/mol. The van der Waals surface area contributed by atoms with E-state index >= 15 is 0 Å². The number of hydrogen-bond acceptors (Lipinski definition) is 4. The summed E-state index contributed by atoms with van der Waals surface area (Å²) < 4.78 is 5.27. The zero-order chi connectivity index (χ0) is 13.1. The summed E-state index contributed by atoms with van der Waals surface area (Å²) in [4.78, 5) is 12.2. The molecule has 0 bridgehead atoms. The van der Waals surface area contributed by atoms with Gasteiger partial charge in [-0.2, -0.15) is 0 Å². The Hall–Kier alpha value is -0.910. The Morgan fingerprint density at radius 1 is 1.59 bits per heavy atom. The Bertz CT molecular complexity index is 221. The Morgan fingerprint density at radius 2 is 2.29 bits per heavy atom. The molecule has 0 saturated heterocycles. The third kappa shape index (κ3) is 9.99. The van der Waals surface area contributed by atoms with Gasteiger partial charge in [0.15, 0.2) is 0 Å². The number of carboxylic acids is 1. The predicted molar refractivity (Wildman–Crippen MR) is 66.0 cm³/mol. The lowest BCUT2D eigenvalue weighted by molar-refractivity contribution is -0.138. The zero-order valence-corrected chi connectivity index (χ0v) is 10.5. The second kappa shape index (κ2) is 10.3. The van der Waals surface area contributed by atoms with E-state index in [1.807, 2.05) is 0 Å². The summed E-state index contributed by atoms with van der Waals surface area (Å²) in [5, 5.41) is 18.3. The van der Waals surface area contributed by atoms with Crippen LogP contribution in [-0.4, -0.2) is 60.0 Å². The molecule has 0 aliphatic carbocycles. The van der Waals surface area contributed by atoms with Crippen molar-refractivity contribution in [3.8, 4) is 0 Å². The first-order valence-corrected chi connectivity index (χ1v) is 5.91.